The monoisotopic (exact) mass is 324 g/mol. The predicted molar refractivity (Wildman–Crippen MR) is 92.4 cm³/mol. The molecule has 0 bridgehead atoms. The minimum atomic E-state index is -0.371. The fraction of sp³-hybridized carbons (Fsp3) is 0.647. The highest BCUT2D eigenvalue weighted by atomic mass is 32.2. The van der Waals surface area contributed by atoms with Crippen LogP contribution in [0.15, 0.2) is 29.2 Å². The zero-order valence-electron chi connectivity index (χ0n) is 13.6. The summed E-state index contributed by atoms with van der Waals surface area (Å²) < 4.78 is 4.98. The molecule has 1 saturated heterocycles. The Morgan fingerprint density at radius 1 is 1.32 bits per heavy atom. The number of nitrogens with zero attached hydrogens (tertiary/aromatic N) is 1. The fourth-order valence-electron chi connectivity index (χ4n) is 2.87. The van der Waals surface area contributed by atoms with Crippen LogP contribution in [0.2, 0.25) is 0 Å². The third-order valence-corrected chi connectivity index (χ3v) is 4.91. The zero-order valence-corrected chi connectivity index (χ0v) is 14.4. The quantitative estimate of drug-likeness (QED) is 0.716. The Hall–Kier alpha value is -0.590. The highest BCUT2D eigenvalue weighted by Crippen LogP contribution is 2.16. The first-order chi connectivity index (χ1) is 10.7. The van der Waals surface area contributed by atoms with E-state index in [9.17, 15) is 5.11 Å². The molecule has 1 aliphatic rings. The molecule has 0 amide bonds. The summed E-state index contributed by atoms with van der Waals surface area (Å²) in [5, 5.41) is 13.4. The van der Waals surface area contributed by atoms with Crippen molar-refractivity contribution in [1.29, 1.82) is 0 Å². The minimum Gasteiger partial charge on any atom is -0.389 e. The highest BCUT2D eigenvalue weighted by Gasteiger charge is 2.20. The van der Waals surface area contributed by atoms with Crippen molar-refractivity contribution in [2.75, 3.05) is 39.6 Å². The second-order valence-electron chi connectivity index (χ2n) is 5.91. The number of aliphatic hydroxyl groups excluding tert-OH is 1. The number of aliphatic hydroxyl groups is 1. The molecule has 0 aromatic heterocycles. The molecule has 1 aromatic carbocycles. The maximum absolute atomic E-state index is 9.78. The van der Waals surface area contributed by atoms with E-state index in [0.29, 0.717) is 12.6 Å². The van der Waals surface area contributed by atoms with E-state index in [2.05, 4.69) is 40.7 Å². The number of rotatable bonds is 8. The molecule has 124 valence electrons. The molecule has 1 fully saturated rings. The van der Waals surface area contributed by atoms with Gasteiger partial charge in [-0.3, -0.25) is 0 Å². The summed E-state index contributed by atoms with van der Waals surface area (Å²) in [5.74, 6) is 0. The van der Waals surface area contributed by atoms with E-state index in [4.69, 9.17) is 4.74 Å². The molecule has 0 radical (unpaired) electrons. The van der Waals surface area contributed by atoms with Gasteiger partial charge in [-0.25, -0.2) is 0 Å². The largest absolute Gasteiger partial charge is 0.389 e. The van der Waals surface area contributed by atoms with Gasteiger partial charge in [0.05, 0.1) is 12.7 Å². The maximum Gasteiger partial charge on any atom is 0.0900 e. The van der Waals surface area contributed by atoms with Gasteiger partial charge >= 0.3 is 0 Å². The lowest BCUT2D eigenvalue weighted by atomic mass is 10.0. The molecule has 0 saturated carbocycles. The minimum absolute atomic E-state index is 0.371. The Bertz CT molecular complexity index is 419. The Labute approximate surface area is 138 Å². The van der Waals surface area contributed by atoms with E-state index in [0.717, 1.165) is 39.0 Å². The second kappa shape index (κ2) is 9.53. The van der Waals surface area contributed by atoms with Gasteiger partial charge in [0.1, 0.15) is 0 Å². The van der Waals surface area contributed by atoms with Gasteiger partial charge in [-0.2, -0.15) is 0 Å². The first-order valence-corrected chi connectivity index (χ1v) is 9.19. The fourth-order valence-corrected chi connectivity index (χ4v) is 3.28. The number of methoxy groups -OCH3 is 1. The van der Waals surface area contributed by atoms with E-state index in [1.807, 2.05) is 0 Å². The molecule has 2 N–H and O–H groups in total. The van der Waals surface area contributed by atoms with Crippen LogP contribution in [0.4, 0.5) is 0 Å². The van der Waals surface area contributed by atoms with Gasteiger partial charge < -0.3 is 20.1 Å². The lowest BCUT2D eigenvalue weighted by molar-refractivity contribution is 0.0310. The van der Waals surface area contributed by atoms with Gasteiger partial charge in [0.25, 0.3) is 0 Å². The number of likely N-dealkylation sites (tertiary alicyclic amines) is 1. The molecule has 1 unspecified atom stereocenters. The molecule has 1 atom stereocenters. The van der Waals surface area contributed by atoms with Crippen molar-refractivity contribution in [3.63, 3.8) is 0 Å². The normalized spacial score (nSPS) is 18.5. The number of piperidine rings is 1. The van der Waals surface area contributed by atoms with Gasteiger partial charge in [-0.05, 0) is 49.9 Å². The Morgan fingerprint density at radius 3 is 2.59 bits per heavy atom. The molecule has 0 spiro atoms. The van der Waals surface area contributed by atoms with Crippen molar-refractivity contribution in [3.8, 4) is 0 Å². The van der Waals surface area contributed by atoms with Crippen LogP contribution in [0.1, 0.15) is 18.4 Å². The molecular weight excluding hydrogens is 296 g/mol. The first kappa shape index (κ1) is 17.8. The van der Waals surface area contributed by atoms with E-state index in [-0.39, 0.29) is 6.10 Å². The van der Waals surface area contributed by atoms with Crippen LogP contribution in [-0.2, 0) is 11.3 Å². The third kappa shape index (κ3) is 5.89. The average molecular weight is 324 g/mol. The number of thioether (sulfide) groups is 1. The summed E-state index contributed by atoms with van der Waals surface area (Å²) in [4.78, 5) is 3.64. The zero-order chi connectivity index (χ0) is 15.8. The number of ether oxygens (including phenoxy) is 1. The van der Waals surface area contributed by atoms with Gasteiger partial charge in [0.2, 0.25) is 0 Å². The van der Waals surface area contributed by atoms with Gasteiger partial charge in [-0.1, -0.05) is 12.1 Å². The van der Waals surface area contributed by atoms with Crippen molar-refractivity contribution in [2.24, 2.45) is 0 Å². The molecular formula is C17H28N2O2S. The van der Waals surface area contributed by atoms with Crippen LogP contribution in [0.3, 0.4) is 0 Å². The number of β-amino-alcohol motifs (C(OH)–C–C–N with tert-alkyl or cyclic N) is 1. The predicted octanol–water partition coefficient (Wildman–Crippen LogP) is 1.97. The van der Waals surface area contributed by atoms with E-state index >= 15 is 0 Å². The second-order valence-corrected chi connectivity index (χ2v) is 6.79. The van der Waals surface area contributed by atoms with E-state index < -0.39 is 0 Å². The van der Waals surface area contributed by atoms with Gasteiger partial charge in [0.15, 0.2) is 0 Å². The number of hydrogen-bond acceptors (Lipinski definition) is 5. The number of hydrogen-bond donors (Lipinski definition) is 2. The summed E-state index contributed by atoms with van der Waals surface area (Å²) in [6, 6.07) is 9.35. The van der Waals surface area contributed by atoms with Crippen molar-refractivity contribution < 1.29 is 9.84 Å². The molecule has 2 rings (SSSR count). The summed E-state index contributed by atoms with van der Waals surface area (Å²) in [6.07, 6.45) is 4.01. The molecule has 1 heterocycles. The summed E-state index contributed by atoms with van der Waals surface area (Å²) in [6.45, 7) is 4.17. The van der Waals surface area contributed by atoms with Crippen LogP contribution in [0.25, 0.3) is 0 Å². The standard InChI is InChI=1S/C17H28N2O2S/c1-21-13-16(20)12-19-9-7-15(8-10-19)18-11-14-3-5-17(22-2)6-4-14/h3-6,15-16,18,20H,7-13H2,1-2H3. The SMILES string of the molecule is COCC(O)CN1CCC(NCc2ccc(SC)cc2)CC1. The first-order valence-electron chi connectivity index (χ1n) is 7.97. The van der Waals surface area contributed by atoms with Gasteiger partial charge in [0, 0.05) is 31.1 Å². The van der Waals surface area contributed by atoms with E-state index in [1.165, 1.54) is 10.5 Å². The van der Waals surface area contributed by atoms with Crippen molar-refractivity contribution >= 4 is 11.8 Å². The smallest absolute Gasteiger partial charge is 0.0900 e. The molecule has 1 aliphatic heterocycles. The molecule has 22 heavy (non-hydrogen) atoms. The summed E-state index contributed by atoms with van der Waals surface area (Å²) in [5.41, 5.74) is 1.34. The van der Waals surface area contributed by atoms with Crippen molar-refractivity contribution in [2.45, 2.75) is 36.4 Å². The van der Waals surface area contributed by atoms with Crippen LogP contribution in [0, 0.1) is 0 Å². The average Bonchev–Trinajstić information content (AvgIpc) is 2.55. The van der Waals surface area contributed by atoms with Crippen LogP contribution < -0.4 is 5.32 Å². The summed E-state index contributed by atoms with van der Waals surface area (Å²) in [7, 11) is 1.63. The molecule has 1 aromatic rings. The van der Waals surface area contributed by atoms with Crippen molar-refractivity contribution in [1.82, 2.24) is 10.2 Å². The Balaban J connectivity index is 1.66. The Kier molecular flexibility index (Phi) is 7.69. The van der Waals surface area contributed by atoms with E-state index in [1.54, 1.807) is 18.9 Å². The summed E-state index contributed by atoms with van der Waals surface area (Å²) >= 11 is 1.78. The lowest BCUT2D eigenvalue weighted by Crippen LogP contribution is -2.45. The number of benzene rings is 1. The maximum atomic E-state index is 9.78. The molecule has 0 aliphatic carbocycles. The molecule has 4 nitrogen and oxygen atoms in total. The van der Waals surface area contributed by atoms with Crippen LogP contribution >= 0.6 is 11.8 Å². The third-order valence-electron chi connectivity index (χ3n) is 4.17. The number of nitrogens with one attached hydrogen (secondary N) is 1. The lowest BCUT2D eigenvalue weighted by Gasteiger charge is -2.33. The Morgan fingerprint density at radius 2 is 2.00 bits per heavy atom. The highest BCUT2D eigenvalue weighted by molar-refractivity contribution is 7.98. The topological polar surface area (TPSA) is 44.7 Å². The molecule has 5 heteroatoms. The van der Waals surface area contributed by atoms with Crippen LogP contribution in [-0.4, -0.2) is 61.8 Å². The van der Waals surface area contributed by atoms with Crippen LogP contribution in [0.5, 0.6) is 0 Å². The van der Waals surface area contributed by atoms with Gasteiger partial charge in [-0.15, -0.1) is 11.8 Å². The van der Waals surface area contributed by atoms with Crippen molar-refractivity contribution in [3.05, 3.63) is 29.8 Å².